The minimum absolute atomic E-state index is 0.0949. The molecule has 5 heteroatoms. The molecule has 1 aromatic rings. The summed E-state index contributed by atoms with van der Waals surface area (Å²) in [5, 5.41) is 2.58. The lowest BCUT2D eigenvalue weighted by Gasteiger charge is -2.15. The molecule has 0 amide bonds. The number of hydrogen-bond donors (Lipinski definition) is 1. The molecular formula is C9H9ClF3N. The van der Waals surface area contributed by atoms with Gasteiger partial charge in [-0.3, -0.25) is 0 Å². The van der Waals surface area contributed by atoms with Gasteiger partial charge in [0.1, 0.15) is 5.82 Å². The maximum atomic E-state index is 12.6. The van der Waals surface area contributed by atoms with Gasteiger partial charge in [-0.25, -0.2) is 13.2 Å². The van der Waals surface area contributed by atoms with E-state index in [9.17, 15) is 13.2 Å². The molecule has 0 saturated carbocycles. The lowest BCUT2D eigenvalue weighted by molar-refractivity contribution is 0.131. The number of alkyl halides is 2. The molecular weight excluding hydrogens is 215 g/mol. The van der Waals surface area contributed by atoms with Crippen molar-refractivity contribution in [1.82, 2.24) is 0 Å². The summed E-state index contributed by atoms with van der Waals surface area (Å²) in [5.74, 6) is -0.495. The third kappa shape index (κ3) is 2.80. The summed E-state index contributed by atoms with van der Waals surface area (Å²) in [6.07, 6.45) is -2.49. The van der Waals surface area contributed by atoms with E-state index in [0.717, 1.165) is 12.1 Å². The van der Waals surface area contributed by atoms with E-state index in [1.54, 1.807) is 0 Å². The van der Waals surface area contributed by atoms with Crippen LogP contribution < -0.4 is 5.32 Å². The van der Waals surface area contributed by atoms with E-state index in [-0.39, 0.29) is 5.02 Å². The Labute approximate surface area is 84.9 Å². The quantitative estimate of drug-likeness (QED) is 0.827. The molecule has 0 aliphatic carbocycles. The molecule has 0 aliphatic rings. The Balaban J connectivity index is 2.77. The highest BCUT2D eigenvalue weighted by Gasteiger charge is 2.15. The van der Waals surface area contributed by atoms with Crippen LogP contribution in [-0.4, -0.2) is 12.5 Å². The monoisotopic (exact) mass is 223 g/mol. The van der Waals surface area contributed by atoms with Crippen LogP contribution in [0.4, 0.5) is 18.9 Å². The van der Waals surface area contributed by atoms with Crippen LogP contribution in [0.15, 0.2) is 18.2 Å². The van der Waals surface area contributed by atoms with E-state index in [1.165, 1.54) is 13.0 Å². The average molecular weight is 224 g/mol. The van der Waals surface area contributed by atoms with Crippen molar-refractivity contribution in [2.75, 3.05) is 5.32 Å². The predicted octanol–water partition coefficient (Wildman–Crippen LogP) is 3.54. The van der Waals surface area contributed by atoms with E-state index in [2.05, 4.69) is 5.32 Å². The van der Waals surface area contributed by atoms with Crippen molar-refractivity contribution in [2.45, 2.75) is 19.4 Å². The number of benzene rings is 1. The highest BCUT2D eigenvalue weighted by molar-refractivity contribution is 6.33. The minimum atomic E-state index is -2.49. The van der Waals surface area contributed by atoms with Gasteiger partial charge in [0.25, 0.3) is 6.43 Å². The fourth-order valence-electron chi connectivity index (χ4n) is 0.915. The zero-order chi connectivity index (χ0) is 10.7. The van der Waals surface area contributed by atoms with Crippen molar-refractivity contribution in [1.29, 1.82) is 0 Å². The van der Waals surface area contributed by atoms with Gasteiger partial charge < -0.3 is 5.32 Å². The van der Waals surface area contributed by atoms with Crippen LogP contribution in [0.1, 0.15) is 6.92 Å². The summed E-state index contributed by atoms with van der Waals surface area (Å²) in [4.78, 5) is 0. The Kier molecular flexibility index (Phi) is 3.63. The molecule has 1 atom stereocenters. The zero-order valence-corrected chi connectivity index (χ0v) is 8.15. The largest absolute Gasteiger partial charge is 0.376 e. The maximum Gasteiger partial charge on any atom is 0.258 e. The van der Waals surface area contributed by atoms with Gasteiger partial charge in [0.15, 0.2) is 0 Å². The number of nitrogens with one attached hydrogen (secondary N) is 1. The zero-order valence-electron chi connectivity index (χ0n) is 7.40. The molecule has 1 rings (SSSR count). The van der Waals surface area contributed by atoms with Crippen molar-refractivity contribution in [2.24, 2.45) is 0 Å². The van der Waals surface area contributed by atoms with Crippen molar-refractivity contribution in [3.8, 4) is 0 Å². The topological polar surface area (TPSA) is 12.0 Å². The molecule has 1 N–H and O–H groups in total. The van der Waals surface area contributed by atoms with Gasteiger partial charge in [0.05, 0.1) is 16.8 Å². The molecule has 0 fully saturated rings. The van der Waals surface area contributed by atoms with Gasteiger partial charge in [0.2, 0.25) is 0 Å². The highest BCUT2D eigenvalue weighted by atomic mass is 35.5. The molecule has 0 aliphatic heterocycles. The molecule has 0 saturated heterocycles. The number of anilines is 1. The Morgan fingerprint density at radius 1 is 1.36 bits per heavy atom. The van der Waals surface area contributed by atoms with Gasteiger partial charge in [-0.05, 0) is 25.1 Å². The van der Waals surface area contributed by atoms with E-state index >= 15 is 0 Å². The molecule has 1 aromatic carbocycles. The number of rotatable bonds is 3. The molecule has 0 aromatic heterocycles. The normalized spacial score (nSPS) is 13.0. The molecule has 0 spiro atoms. The lowest BCUT2D eigenvalue weighted by Crippen LogP contribution is -2.23. The van der Waals surface area contributed by atoms with Gasteiger partial charge in [-0.2, -0.15) is 0 Å². The molecule has 78 valence electrons. The summed E-state index contributed by atoms with van der Waals surface area (Å²) < 4.78 is 36.9. The second-order valence-corrected chi connectivity index (χ2v) is 3.30. The van der Waals surface area contributed by atoms with Gasteiger partial charge in [-0.1, -0.05) is 11.6 Å². The predicted molar refractivity (Wildman–Crippen MR) is 50.5 cm³/mol. The van der Waals surface area contributed by atoms with Crippen LogP contribution in [0.2, 0.25) is 5.02 Å². The molecule has 0 heterocycles. The highest BCUT2D eigenvalue weighted by Crippen LogP contribution is 2.23. The van der Waals surface area contributed by atoms with Crippen LogP contribution in [0.5, 0.6) is 0 Å². The second-order valence-electron chi connectivity index (χ2n) is 2.89. The van der Waals surface area contributed by atoms with E-state index < -0.39 is 18.3 Å². The Bertz CT molecular complexity index is 317. The van der Waals surface area contributed by atoms with Crippen LogP contribution in [0, 0.1) is 5.82 Å². The standard InChI is InChI=1S/C9H9ClF3N/c1-5(9(12)13)14-8-3-2-6(11)4-7(8)10/h2-5,9,14H,1H3. The van der Waals surface area contributed by atoms with E-state index in [0.29, 0.717) is 5.69 Å². The summed E-state index contributed by atoms with van der Waals surface area (Å²) in [6.45, 7) is 1.32. The Hall–Kier alpha value is -0.900. The second kappa shape index (κ2) is 4.55. The molecule has 0 radical (unpaired) electrons. The summed E-state index contributed by atoms with van der Waals surface area (Å²) >= 11 is 5.63. The molecule has 1 nitrogen and oxygen atoms in total. The first kappa shape index (κ1) is 11.2. The first-order valence-electron chi connectivity index (χ1n) is 4.00. The van der Waals surface area contributed by atoms with Crippen molar-refractivity contribution in [3.05, 3.63) is 29.0 Å². The first-order chi connectivity index (χ1) is 6.50. The van der Waals surface area contributed by atoms with E-state index in [1.807, 2.05) is 0 Å². The van der Waals surface area contributed by atoms with Gasteiger partial charge >= 0.3 is 0 Å². The minimum Gasteiger partial charge on any atom is -0.376 e. The molecule has 0 bridgehead atoms. The third-order valence-electron chi connectivity index (χ3n) is 1.69. The number of halogens is 4. The smallest absolute Gasteiger partial charge is 0.258 e. The summed E-state index contributed by atoms with van der Waals surface area (Å²) in [5.41, 5.74) is 0.306. The van der Waals surface area contributed by atoms with Gasteiger partial charge in [0, 0.05) is 0 Å². The van der Waals surface area contributed by atoms with E-state index in [4.69, 9.17) is 11.6 Å². The number of hydrogen-bond acceptors (Lipinski definition) is 1. The van der Waals surface area contributed by atoms with Crippen LogP contribution in [-0.2, 0) is 0 Å². The molecule has 14 heavy (non-hydrogen) atoms. The van der Waals surface area contributed by atoms with Crippen LogP contribution in [0.25, 0.3) is 0 Å². The average Bonchev–Trinajstić information content (AvgIpc) is 2.09. The lowest BCUT2D eigenvalue weighted by atomic mass is 10.2. The third-order valence-corrected chi connectivity index (χ3v) is 2.00. The van der Waals surface area contributed by atoms with Crippen LogP contribution in [0.3, 0.4) is 0 Å². The fourth-order valence-corrected chi connectivity index (χ4v) is 1.14. The molecule has 1 unspecified atom stereocenters. The Morgan fingerprint density at radius 2 is 2.00 bits per heavy atom. The van der Waals surface area contributed by atoms with Crippen molar-refractivity contribution >= 4 is 17.3 Å². The maximum absolute atomic E-state index is 12.6. The fraction of sp³-hybridized carbons (Fsp3) is 0.333. The van der Waals surface area contributed by atoms with Crippen molar-refractivity contribution in [3.63, 3.8) is 0 Å². The van der Waals surface area contributed by atoms with Crippen LogP contribution >= 0.6 is 11.6 Å². The summed E-state index contributed by atoms with van der Waals surface area (Å²) in [6, 6.07) is 2.54. The van der Waals surface area contributed by atoms with Crippen molar-refractivity contribution < 1.29 is 13.2 Å². The summed E-state index contributed by atoms with van der Waals surface area (Å²) in [7, 11) is 0. The Morgan fingerprint density at radius 3 is 2.50 bits per heavy atom. The first-order valence-corrected chi connectivity index (χ1v) is 4.38. The van der Waals surface area contributed by atoms with Gasteiger partial charge in [-0.15, -0.1) is 0 Å². The SMILES string of the molecule is CC(Nc1ccc(F)cc1Cl)C(F)F.